The standard InChI is InChI=1S/C29H40N6O/c1-33-14-5-8-23(33)19-36-29-31-26-18-34(27-10-4-7-20-6-2-3-9-24(20)27)15-13-25(26)28(32-29)35-16-21-11-12-22(17-35)30-21/h4,7,10,21-23,30H,2-3,5-6,8-9,11-19H2,1H3/t21?,22?,23-/m0/s1. The normalized spacial score (nSPS) is 27.8. The summed E-state index contributed by atoms with van der Waals surface area (Å²) >= 11 is 0. The molecule has 3 fully saturated rings. The van der Waals surface area contributed by atoms with Crippen molar-refractivity contribution in [1.29, 1.82) is 0 Å². The monoisotopic (exact) mass is 488 g/mol. The molecule has 1 aromatic carbocycles. The van der Waals surface area contributed by atoms with E-state index in [-0.39, 0.29) is 0 Å². The van der Waals surface area contributed by atoms with Crippen LogP contribution in [0.1, 0.15) is 60.9 Å². The average molecular weight is 489 g/mol. The average Bonchev–Trinajstić information content (AvgIpc) is 3.49. The first-order valence-electron chi connectivity index (χ1n) is 14.3. The number of nitrogens with zero attached hydrogens (tertiary/aromatic N) is 5. The smallest absolute Gasteiger partial charge is 0.318 e. The third-order valence-electron chi connectivity index (χ3n) is 9.33. The van der Waals surface area contributed by atoms with Gasteiger partial charge in [0.2, 0.25) is 0 Å². The van der Waals surface area contributed by atoms with E-state index in [9.17, 15) is 0 Å². The third kappa shape index (κ3) is 4.24. The molecular weight excluding hydrogens is 448 g/mol. The topological polar surface area (TPSA) is 56.8 Å². The van der Waals surface area contributed by atoms with Crippen LogP contribution in [0.3, 0.4) is 0 Å². The molecule has 4 aliphatic heterocycles. The van der Waals surface area contributed by atoms with Gasteiger partial charge < -0.3 is 24.8 Å². The lowest BCUT2D eigenvalue weighted by Crippen LogP contribution is -2.52. The van der Waals surface area contributed by atoms with Crippen molar-refractivity contribution in [3.63, 3.8) is 0 Å². The van der Waals surface area contributed by atoms with E-state index in [0.717, 1.165) is 45.0 Å². The van der Waals surface area contributed by atoms with E-state index in [1.165, 1.54) is 68.3 Å². The Bertz CT molecular complexity index is 1110. The highest BCUT2D eigenvalue weighted by atomic mass is 16.5. The number of aryl methyl sites for hydroxylation is 1. The fourth-order valence-corrected chi connectivity index (χ4v) is 7.31. The molecule has 3 saturated heterocycles. The Labute approximate surface area is 215 Å². The van der Waals surface area contributed by atoms with E-state index in [4.69, 9.17) is 14.7 Å². The van der Waals surface area contributed by atoms with Crippen LogP contribution in [0.5, 0.6) is 6.01 Å². The fourth-order valence-electron chi connectivity index (χ4n) is 7.31. The van der Waals surface area contributed by atoms with Gasteiger partial charge in [-0.05, 0) is 88.6 Å². The molecule has 5 aliphatic rings. The number of ether oxygens (including phenoxy) is 1. The number of piperazine rings is 1. The van der Waals surface area contributed by atoms with Gasteiger partial charge in [-0.15, -0.1) is 0 Å². The van der Waals surface area contributed by atoms with Crippen molar-refractivity contribution in [2.45, 2.75) is 82.5 Å². The van der Waals surface area contributed by atoms with E-state index >= 15 is 0 Å². The predicted molar refractivity (Wildman–Crippen MR) is 143 cm³/mol. The maximum Gasteiger partial charge on any atom is 0.318 e. The van der Waals surface area contributed by atoms with Crippen LogP contribution in [-0.4, -0.2) is 72.8 Å². The van der Waals surface area contributed by atoms with E-state index < -0.39 is 0 Å². The second kappa shape index (κ2) is 9.49. The van der Waals surface area contributed by atoms with Crippen LogP contribution in [0, 0.1) is 0 Å². The summed E-state index contributed by atoms with van der Waals surface area (Å²) in [7, 11) is 2.20. The molecule has 5 heterocycles. The van der Waals surface area contributed by atoms with Crippen LogP contribution in [0.15, 0.2) is 18.2 Å². The molecule has 2 aromatic rings. The van der Waals surface area contributed by atoms with E-state index in [1.807, 2.05) is 0 Å². The Morgan fingerprint density at radius 2 is 1.78 bits per heavy atom. The lowest BCUT2D eigenvalue weighted by molar-refractivity contribution is 0.187. The summed E-state index contributed by atoms with van der Waals surface area (Å²) in [5.74, 6) is 1.14. The van der Waals surface area contributed by atoms with Crippen molar-refractivity contribution in [2.75, 3.05) is 49.6 Å². The number of hydrogen-bond donors (Lipinski definition) is 1. The van der Waals surface area contributed by atoms with Gasteiger partial charge in [-0.1, -0.05) is 12.1 Å². The Morgan fingerprint density at radius 3 is 2.61 bits per heavy atom. The molecule has 0 spiro atoms. The minimum atomic E-state index is 0.468. The zero-order chi connectivity index (χ0) is 24.1. The Balaban J connectivity index is 1.20. The van der Waals surface area contributed by atoms with Gasteiger partial charge in [-0.3, -0.25) is 0 Å². The molecule has 36 heavy (non-hydrogen) atoms. The molecule has 1 aliphatic carbocycles. The van der Waals surface area contributed by atoms with Gasteiger partial charge in [0.15, 0.2) is 0 Å². The summed E-state index contributed by atoms with van der Waals surface area (Å²) in [5.41, 5.74) is 7.06. The zero-order valence-corrected chi connectivity index (χ0v) is 21.7. The highest BCUT2D eigenvalue weighted by Crippen LogP contribution is 2.36. The van der Waals surface area contributed by atoms with Gasteiger partial charge in [0.25, 0.3) is 0 Å². The lowest BCUT2D eigenvalue weighted by Gasteiger charge is -2.38. The number of likely N-dealkylation sites (N-methyl/N-ethyl adjacent to an activating group) is 1. The number of fused-ring (bicyclic) bond motifs is 4. The lowest BCUT2D eigenvalue weighted by atomic mass is 9.89. The number of hydrogen-bond acceptors (Lipinski definition) is 7. The number of likely N-dealkylation sites (tertiary alicyclic amines) is 1. The van der Waals surface area contributed by atoms with Crippen molar-refractivity contribution < 1.29 is 4.74 Å². The number of rotatable bonds is 5. The first-order valence-corrected chi connectivity index (χ1v) is 14.3. The molecular formula is C29H40N6O. The molecule has 2 bridgehead atoms. The summed E-state index contributed by atoms with van der Waals surface area (Å²) in [5, 5.41) is 3.78. The molecule has 2 unspecified atom stereocenters. The molecule has 0 amide bonds. The maximum absolute atomic E-state index is 6.33. The van der Waals surface area contributed by atoms with Crippen molar-refractivity contribution in [3.8, 4) is 6.01 Å². The van der Waals surface area contributed by atoms with Crippen LogP contribution in [-0.2, 0) is 25.8 Å². The molecule has 7 rings (SSSR count). The van der Waals surface area contributed by atoms with Gasteiger partial charge in [0.05, 0.1) is 12.2 Å². The fraction of sp³-hybridized carbons (Fsp3) is 0.655. The zero-order valence-electron chi connectivity index (χ0n) is 21.7. The minimum absolute atomic E-state index is 0.468. The predicted octanol–water partition coefficient (Wildman–Crippen LogP) is 3.33. The van der Waals surface area contributed by atoms with Crippen LogP contribution < -0.4 is 19.9 Å². The first-order chi connectivity index (χ1) is 17.7. The number of aromatic nitrogens is 2. The first kappa shape index (κ1) is 22.8. The van der Waals surface area contributed by atoms with Crippen LogP contribution in [0.25, 0.3) is 0 Å². The van der Waals surface area contributed by atoms with Gasteiger partial charge in [-0.25, -0.2) is 0 Å². The summed E-state index contributed by atoms with van der Waals surface area (Å²) in [6.45, 7) is 5.80. The second-order valence-corrected chi connectivity index (χ2v) is 11.7. The summed E-state index contributed by atoms with van der Waals surface area (Å²) in [6.07, 6.45) is 11.1. The highest BCUT2D eigenvalue weighted by molar-refractivity contribution is 5.61. The number of anilines is 2. The number of benzene rings is 1. The van der Waals surface area contributed by atoms with Gasteiger partial charge >= 0.3 is 6.01 Å². The summed E-state index contributed by atoms with van der Waals surface area (Å²) in [4.78, 5) is 17.7. The molecule has 0 saturated carbocycles. The van der Waals surface area contributed by atoms with Crippen molar-refractivity contribution in [2.24, 2.45) is 0 Å². The molecule has 7 nitrogen and oxygen atoms in total. The molecule has 1 N–H and O–H groups in total. The van der Waals surface area contributed by atoms with Crippen molar-refractivity contribution in [1.82, 2.24) is 20.2 Å². The molecule has 7 heteroatoms. The molecule has 1 aromatic heterocycles. The van der Waals surface area contributed by atoms with Crippen molar-refractivity contribution >= 4 is 11.5 Å². The van der Waals surface area contributed by atoms with Crippen LogP contribution >= 0.6 is 0 Å². The Hall–Kier alpha value is -2.38. The van der Waals surface area contributed by atoms with Crippen LogP contribution in [0.4, 0.5) is 11.5 Å². The molecule has 0 radical (unpaired) electrons. The van der Waals surface area contributed by atoms with Crippen molar-refractivity contribution in [3.05, 3.63) is 40.6 Å². The molecule has 192 valence electrons. The van der Waals surface area contributed by atoms with E-state index in [0.29, 0.717) is 30.7 Å². The SMILES string of the molecule is CN1CCC[C@H]1COc1nc2c(c(N3CC4CCC(C3)N4)n1)CCN(c1cccc3c1CCCC3)C2. The van der Waals surface area contributed by atoms with Crippen LogP contribution in [0.2, 0.25) is 0 Å². The second-order valence-electron chi connectivity index (χ2n) is 11.7. The van der Waals surface area contributed by atoms with Gasteiger partial charge in [0.1, 0.15) is 12.4 Å². The quantitative estimate of drug-likeness (QED) is 0.693. The van der Waals surface area contributed by atoms with E-state index in [1.54, 1.807) is 11.1 Å². The minimum Gasteiger partial charge on any atom is -0.462 e. The molecule has 3 atom stereocenters. The largest absolute Gasteiger partial charge is 0.462 e. The number of nitrogens with one attached hydrogen (secondary N) is 1. The maximum atomic E-state index is 6.33. The van der Waals surface area contributed by atoms with Gasteiger partial charge in [-0.2, -0.15) is 9.97 Å². The highest BCUT2D eigenvalue weighted by Gasteiger charge is 2.35. The Kier molecular flexibility index (Phi) is 6.01. The summed E-state index contributed by atoms with van der Waals surface area (Å²) in [6, 6.07) is 9.13. The third-order valence-corrected chi connectivity index (χ3v) is 9.33. The Morgan fingerprint density at radius 1 is 0.917 bits per heavy atom. The van der Waals surface area contributed by atoms with E-state index in [2.05, 4.69) is 45.3 Å². The summed E-state index contributed by atoms with van der Waals surface area (Å²) < 4.78 is 6.33. The van der Waals surface area contributed by atoms with Gasteiger partial charge in [0, 0.05) is 49.0 Å².